The Morgan fingerprint density at radius 2 is 2.09 bits per heavy atom. The maximum atomic E-state index is 11.0. The second-order valence-corrected chi connectivity index (χ2v) is 3.01. The van der Waals surface area contributed by atoms with Crippen molar-refractivity contribution in [3.8, 4) is 0 Å². The lowest BCUT2D eigenvalue weighted by Gasteiger charge is -2.01. The van der Waals surface area contributed by atoms with Crippen molar-refractivity contribution in [3.63, 3.8) is 0 Å². The standard InChI is InChI=1S/C8H8O3/c1-4-2-3-5-6(4)8(10)11-7(5)9/h4H,2-3H2,1H3. The van der Waals surface area contributed by atoms with Crippen LogP contribution in [0, 0.1) is 5.92 Å². The summed E-state index contributed by atoms with van der Waals surface area (Å²) >= 11 is 0. The number of esters is 2. The van der Waals surface area contributed by atoms with Crippen molar-refractivity contribution in [1.82, 2.24) is 0 Å². The lowest BCUT2D eigenvalue weighted by Crippen LogP contribution is -2.08. The van der Waals surface area contributed by atoms with Gasteiger partial charge in [0, 0.05) is 5.57 Å². The molecule has 0 amide bonds. The lowest BCUT2D eigenvalue weighted by molar-refractivity contribution is -0.151. The first-order chi connectivity index (χ1) is 5.20. The van der Waals surface area contributed by atoms with Crippen LogP contribution in [0.5, 0.6) is 0 Å². The Morgan fingerprint density at radius 3 is 2.73 bits per heavy atom. The van der Waals surface area contributed by atoms with E-state index in [2.05, 4.69) is 4.74 Å². The maximum Gasteiger partial charge on any atom is 0.342 e. The Labute approximate surface area is 64.0 Å². The second-order valence-electron chi connectivity index (χ2n) is 3.01. The summed E-state index contributed by atoms with van der Waals surface area (Å²) in [5.74, 6) is -0.631. The highest BCUT2D eigenvalue weighted by molar-refractivity contribution is 6.13. The van der Waals surface area contributed by atoms with Gasteiger partial charge < -0.3 is 4.74 Å². The molecule has 11 heavy (non-hydrogen) atoms. The molecule has 0 N–H and O–H groups in total. The zero-order valence-corrected chi connectivity index (χ0v) is 6.22. The van der Waals surface area contributed by atoms with E-state index in [1.165, 1.54) is 0 Å². The third kappa shape index (κ3) is 0.737. The van der Waals surface area contributed by atoms with Gasteiger partial charge in [-0.25, -0.2) is 9.59 Å². The van der Waals surface area contributed by atoms with E-state index in [4.69, 9.17) is 0 Å². The fraction of sp³-hybridized carbons (Fsp3) is 0.500. The highest BCUT2D eigenvalue weighted by Gasteiger charge is 2.39. The van der Waals surface area contributed by atoms with Gasteiger partial charge in [0.15, 0.2) is 0 Å². The molecule has 1 aliphatic carbocycles. The molecule has 0 bridgehead atoms. The van der Waals surface area contributed by atoms with Gasteiger partial charge in [-0.15, -0.1) is 0 Å². The largest absolute Gasteiger partial charge is 0.386 e. The summed E-state index contributed by atoms with van der Waals surface area (Å²) in [6.07, 6.45) is 1.62. The molecule has 0 aromatic rings. The summed E-state index contributed by atoms with van der Waals surface area (Å²) in [5.41, 5.74) is 1.23. The summed E-state index contributed by atoms with van der Waals surface area (Å²) in [7, 11) is 0. The van der Waals surface area contributed by atoms with Crippen molar-refractivity contribution in [1.29, 1.82) is 0 Å². The quantitative estimate of drug-likeness (QED) is 0.381. The number of cyclic esters (lactones) is 2. The van der Waals surface area contributed by atoms with Crippen molar-refractivity contribution >= 4 is 11.9 Å². The molecule has 1 unspecified atom stereocenters. The fourth-order valence-electron chi connectivity index (χ4n) is 1.67. The molecule has 1 aliphatic heterocycles. The van der Waals surface area contributed by atoms with E-state index in [1.807, 2.05) is 6.92 Å². The van der Waals surface area contributed by atoms with E-state index >= 15 is 0 Å². The van der Waals surface area contributed by atoms with E-state index < -0.39 is 11.9 Å². The minimum atomic E-state index is -0.422. The first-order valence-corrected chi connectivity index (χ1v) is 3.69. The van der Waals surface area contributed by atoms with Gasteiger partial charge in [-0.2, -0.15) is 0 Å². The van der Waals surface area contributed by atoms with Crippen LogP contribution in [-0.4, -0.2) is 11.9 Å². The van der Waals surface area contributed by atoms with Gasteiger partial charge in [0.2, 0.25) is 0 Å². The van der Waals surface area contributed by atoms with Crippen LogP contribution in [0.4, 0.5) is 0 Å². The van der Waals surface area contributed by atoms with Crippen molar-refractivity contribution in [3.05, 3.63) is 11.1 Å². The summed E-state index contributed by atoms with van der Waals surface area (Å²) in [6, 6.07) is 0. The summed E-state index contributed by atoms with van der Waals surface area (Å²) in [4.78, 5) is 21.9. The Hall–Kier alpha value is -1.12. The molecular weight excluding hydrogens is 144 g/mol. The number of rotatable bonds is 0. The number of carbonyl (C=O) groups excluding carboxylic acids is 2. The molecule has 0 aromatic carbocycles. The van der Waals surface area contributed by atoms with Crippen LogP contribution in [-0.2, 0) is 14.3 Å². The Morgan fingerprint density at radius 1 is 1.36 bits per heavy atom. The zero-order valence-electron chi connectivity index (χ0n) is 6.22. The molecule has 1 heterocycles. The van der Waals surface area contributed by atoms with Gasteiger partial charge in [0.25, 0.3) is 0 Å². The highest BCUT2D eigenvalue weighted by atomic mass is 16.6. The van der Waals surface area contributed by atoms with Crippen molar-refractivity contribution in [2.24, 2.45) is 5.92 Å². The maximum absolute atomic E-state index is 11.0. The topological polar surface area (TPSA) is 43.4 Å². The van der Waals surface area contributed by atoms with Crippen LogP contribution in [0.25, 0.3) is 0 Å². The van der Waals surface area contributed by atoms with E-state index in [-0.39, 0.29) is 5.92 Å². The third-order valence-electron chi connectivity index (χ3n) is 2.30. The average molecular weight is 152 g/mol. The van der Waals surface area contributed by atoms with Crippen LogP contribution in [0.1, 0.15) is 19.8 Å². The highest BCUT2D eigenvalue weighted by Crippen LogP contribution is 2.36. The fourth-order valence-corrected chi connectivity index (χ4v) is 1.67. The van der Waals surface area contributed by atoms with Gasteiger partial charge in [-0.05, 0) is 18.8 Å². The predicted molar refractivity (Wildman–Crippen MR) is 36.5 cm³/mol. The molecular formula is C8H8O3. The number of hydrogen-bond acceptors (Lipinski definition) is 3. The number of ether oxygens (including phenoxy) is 1. The number of carbonyl (C=O) groups is 2. The SMILES string of the molecule is CC1CCC2=C1C(=O)OC2=O. The molecule has 0 radical (unpaired) electrons. The van der Waals surface area contributed by atoms with Crippen molar-refractivity contribution in [2.45, 2.75) is 19.8 Å². The molecule has 3 nitrogen and oxygen atoms in total. The summed E-state index contributed by atoms with van der Waals surface area (Å²) in [6.45, 7) is 1.95. The van der Waals surface area contributed by atoms with Crippen LogP contribution >= 0.6 is 0 Å². The predicted octanol–water partition coefficient (Wildman–Crippen LogP) is 0.796. The molecule has 0 spiro atoms. The van der Waals surface area contributed by atoms with Gasteiger partial charge >= 0.3 is 11.9 Å². The monoisotopic (exact) mass is 152 g/mol. The van der Waals surface area contributed by atoms with Crippen LogP contribution < -0.4 is 0 Å². The molecule has 3 heteroatoms. The molecule has 2 rings (SSSR count). The molecule has 58 valence electrons. The third-order valence-corrected chi connectivity index (χ3v) is 2.30. The first kappa shape index (κ1) is 6.58. The van der Waals surface area contributed by atoms with E-state index in [0.717, 1.165) is 6.42 Å². The summed E-state index contributed by atoms with van der Waals surface area (Å²) in [5, 5.41) is 0. The van der Waals surface area contributed by atoms with Crippen LogP contribution in [0.3, 0.4) is 0 Å². The molecule has 0 saturated carbocycles. The zero-order chi connectivity index (χ0) is 8.01. The normalized spacial score (nSPS) is 29.4. The second kappa shape index (κ2) is 1.94. The first-order valence-electron chi connectivity index (χ1n) is 3.69. The minimum Gasteiger partial charge on any atom is -0.386 e. The van der Waals surface area contributed by atoms with Crippen molar-refractivity contribution < 1.29 is 14.3 Å². The smallest absolute Gasteiger partial charge is 0.342 e. The Balaban J connectivity index is 2.46. The van der Waals surface area contributed by atoms with E-state index in [0.29, 0.717) is 17.6 Å². The van der Waals surface area contributed by atoms with Gasteiger partial charge in [-0.3, -0.25) is 0 Å². The average Bonchev–Trinajstić information content (AvgIpc) is 2.41. The molecule has 0 saturated heterocycles. The molecule has 1 atom stereocenters. The van der Waals surface area contributed by atoms with Gasteiger partial charge in [-0.1, -0.05) is 6.92 Å². The molecule has 0 aromatic heterocycles. The Kier molecular flexibility index (Phi) is 1.16. The van der Waals surface area contributed by atoms with E-state index in [1.54, 1.807) is 0 Å². The minimum absolute atomic E-state index is 0.212. The van der Waals surface area contributed by atoms with Gasteiger partial charge in [0.05, 0.1) is 5.57 Å². The number of hydrogen-bond donors (Lipinski definition) is 0. The Bertz CT molecular complexity index is 275. The summed E-state index contributed by atoms with van der Waals surface area (Å²) < 4.78 is 4.45. The molecule has 2 aliphatic rings. The molecule has 0 fully saturated rings. The van der Waals surface area contributed by atoms with Crippen LogP contribution in [0.15, 0.2) is 11.1 Å². The lowest BCUT2D eigenvalue weighted by atomic mass is 10.0. The van der Waals surface area contributed by atoms with E-state index in [9.17, 15) is 9.59 Å². The van der Waals surface area contributed by atoms with Crippen molar-refractivity contribution in [2.75, 3.05) is 0 Å². The van der Waals surface area contributed by atoms with Crippen LogP contribution in [0.2, 0.25) is 0 Å². The van der Waals surface area contributed by atoms with Gasteiger partial charge in [0.1, 0.15) is 0 Å².